The predicted octanol–water partition coefficient (Wildman–Crippen LogP) is 2.76. The molecular formula is C15H9N3O2. The van der Waals surface area contributed by atoms with Crippen molar-refractivity contribution in [2.24, 2.45) is 0 Å². The summed E-state index contributed by atoms with van der Waals surface area (Å²) >= 11 is 0. The summed E-state index contributed by atoms with van der Waals surface area (Å²) in [7, 11) is 0. The molecule has 1 aliphatic rings. The topological polar surface area (TPSA) is 48.7 Å². The van der Waals surface area contributed by atoms with E-state index in [-0.39, 0.29) is 6.79 Å². The van der Waals surface area contributed by atoms with Gasteiger partial charge in [-0.2, -0.15) is 0 Å². The van der Waals surface area contributed by atoms with Crippen molar-refractivity contribution in [3.05, 3.63) is 42.6 Å². The normalized spacial score (nSPS) is 13.6. The van der Waals surface area contributed by atoms with E-state index in [4.69, 9.17) is 9.47 Å². The molecule has 0 unspecified atom stereocenters. The first-order valence-corrected chi connectivity index (χ1v) is 6.36. The van der Waals surface area contributed by atoms with Gasteiger partial charge in [-0.15, -0.1) is 0 Å². The van der Waals surface area contributed by atoms with Crippen molar-refractivity contribution in [3.8, 4) is 11.5 Å². The summed E-state index contributed by atoms with van der Waals surface area (Å²) in [5.41, 5.74) is 3.00. The van der Waals surface area contributed by atoms with E-state index < -0.39 is 0 Å². The van der Waals surface area contributed by atoms with E-state index in [9.17, 15) is 0 Å². The fraction of sp³-hybridized carbons (Fsp3) is 0.0667. The number of fused-ring (bicyclic) bond motifs is 6. The lowest BCUT2D eigenvalue weighted by molar-refractivity contribution is 0.174. The van der Waals surface area contributed by atoms with Gasteiger partial charge in [-0.1, -0.05) is 12.1 Å². The van der Waals surface area contributed by atoms with E-state index in [0.717, 1.165) is 33.4 Å². The maximum absolute atomic E-state index is 5.47. The first-order valence-electron chi connectivity index (χ1n) is 6.36. The molecule has 0 spiro atoms. The molecule has 5 heteroatoms. The van der Waals surface area contributed by atoms with Crippen molar-refractivity contribution < 1.29 is 9.47 Å². The first kappa shape index (κ1) is 10.0. The van der Waals surface area contributed by atoms with Crippen LogP contribution in [0, 0.1) is 0 Å². The summed E-state index contributed by atoms with van der Waals surface area (Å²) in [5, 5.41) is 1.00. The van der Waals surface area contributed by atoms with E-state index in [2.05, 4.69) is 9.97 Å². The first-order chi connectivity index (χ1) is 9.90. The van der Waals surface area contributed by atoms with Gasteiger partial charge in [0.2, 0.25) is 12.6 Å². The summed E-state index contributed by atoms with van der Waals surface area (Å²) in [6.45, 7) is 0.271. The van der Waals surface area contributed by atoms with E-state index in [0.29, 0.717) is 5.78 Å². The standard InChI is InChI=1S/C15H9N3O2/c1-2-4-11-10(3-1)17-15-16-7-9-5-13-14(20-8-19-13)6-12(9)18(11)15/h1-7H,8H2. The Kier molecular flexibility index (Phi) is 1.70. The summed E-state index contributed by atoms with van der Waals surface area (Å²) in [4.78, 5) is 8.97. The van der Waals surface area contributed by atoms with Crippen LogP contribution in [0.1, 0.15) is 0 Å². The summed E-state index contributed by atoms with van der Waals surface area (Å²) in [6, 6.07) is 12.0. The Balaban J connectivity index is 2.04. The minimum absolute atomic E-state index is 0.271. The van der Waals surface area contributed by atoms with Crippen molar-refractivity contribution in [1.29, 1.82) is 0 Å². The second kappa shape index (κ2) is 3.39. The molecule has 0 saturated heterocycles. The quantitative estimate of drug-likeness (QED) is 0.489. The zero-order chi connectivity index (χ0) is 13.1. The number of para-hydroxylation sites is 2. The largest absolute Gasteiger partial charge is 0.454 e. The zero-order valence-electron chi connectivity index (χ0n) is 10.4. The Hall–Kier alpha value is -2.82. The molecule has 0 atom stereocenters. The smallest absolute Gasteiger partial charge is 0.235 e. The highest BCUT2D eigenvalue weighted by Gasteiger charge is 2.16. The second-order valence-electron chi connectivity index (χ2n) is 4.76. The lowest BCUT2D eigenvalue weighted by Gasteiger charge is -2.04. The van der Waals surface area contributed by atoms with Crippen LogP contribution < -0.4 is 9.47 Å². The number of ether oxygens (including phenoxy) is 2. The van der Waals surface area contributed by atoms with Gasteiger partial charge in [-0.3, -0.25) is 4.40 Å². The van der Waals surface area contributed by atoms with E-state index >= 15 is 0 Å². The number of rotatable bonds is 0. The molecule has 5 rings (SSSR count). The molecule has 1 aliphatic heterocycles. The van der Waals surface area contributed by atoms with Gasteiger partial charge in [0.1, 0.15) is 0 Å². The number of nitrogens with zero attached hydrogens (tertiary/aromatic N) is 3. The molecule has 0 radical (unpaired) electrons. The van der Waals surface area contributed by atoms with Crippen LogP contribution in [0.25, 0.3) is 27.7 Å². The average molecular weight is 263 g/mol. The molecule has 2 aromatic heterocycles. The number of imidazole rings is 1. The van der Waals surface area contributed by atoms with Crippen LogP contribution in [-0.4, -0.2) is 21.2 Å². The lowest BCUT2D eigenvalue weighted by atomic mass is 10.2. The Morgan fingerprint density at radius 2 is 1.85 bits per heavy atom. The van der Waals surface area contributed by atoms with Crippen molar-refractivity contribution >= 4 is 27.7 Å². The van der Waals surface area contributed by atoms with Crippen molar-refractivity contribution in [2.75, 3.05) is 6.79 Å². The van der Waals surface area contributed by atoms with Crippen LogP contribution in [0.3, 0.4) is 0 Å². The molecular weight excluding hydrogens is 254 g/mol. The van der Waals surface area contributed by atoms with Crippen LogP contribution >= 0.6 is 0 Å². The maximum Gasteiger partial charge on any atom is 0.235 e. The van der Waals surface area contributed by atoms with Crippen LogP contribution in [-0.2, 0) is 0 Å². The van der Waals surface area contributed by atoms with Crippen molar-refractivity contribution in [1.82, 2.24) is 14.4 Å². The number of benzene rings is 2. The van der Waals surface area contributed by atoms with Crippen LogP contribution in [0.5, 0.6) is 11.5 Å². The summed E-state index contributed by atoms with van der Waals surface area (Å²) < 4.78 is 12.9. The number of aromatic nitrogens is 3. The highest BCUT2D eigenvalue weighted by molar-refractivity contribution is 5.90. The molecule has 3 heterocycles. The van der Waals surface area contributed by atoms with Gasteiger partial charge in [0, 0.05) is 17.6 Å². The molecule has 0 amide bonds. The van der Waals surface area contributed by atoms with Gasteiger partial charge in [0.25, 0.3) is 0 Å². The van der Waals surface area contributed by atoms with Crippen LogP contribution in [0.15, 0.2) is 42.6 Å². The highest BCUT2D eigenvalue weighted by atomic mass is 16.7. The molecule has 0 fully saturated rings. The van der Waals surface area contributed by atoms with E-state index in [1.807, 2.05) is 47.0 Å². The average Bonchev–Trinajstić information content (AvgIpc) is 3.08. The van der Waals surface area contributed by atoms with Gasteiger partial charge >= 0.3 is 0 Å². The zero-order valence-corrected chi connectivity index (χ0v) is 10.4. The maximum atomic E-state index is 5.47. The molecule has 5 nitrogen and oxygen atoms in total. The van der Waals surface area contributed by atoms with Gasteiger partial charge in [-0.25, -0.2) is 9.97 Å². The third-order valence-corrected chi connectivity index (χ3v) is 3.62. The number of hydrogen-bond acceptors (Lipinski definition) is 4. The molecule has 2 aromatic carbocycles. The van der Waals surface area contributed by atoms with Crippen molar-refractivity contribution in [2.45, 2.75) is 0 Å². The Morgan fingerprint density at radius 1 is 1.00 bits per heavy atom. The Morgan fingerprint density at radius 3 is 2.80 bits per heavy atom. The molecule has 20 heavy (non-hydrogen) atoms. The van der Waals surface area contributed by atoms with Crippen LogP contribution in [0.2, 0.25) is 0 Å². The minimum Gasteiger partial charge on any atom is -0.454 e. The number of hydrogen-bond donors (Lipinski definition) is 0. The van der Waals surface area contributed by atoms with Gasteiger partial charge in [0.15, 0.2) is 11.5 Å². The summed E-state index contributed by atoms with van der Waals surface area (Å²) in [6.07, 6.45) is 1.82. The van der Waals surface area contributed by atoms with Gasteiger partial charge in [0.05, 0.1) is 16.6 Å². The Labute approximate surface area is 113 Å². The fourth-order valence-corrected chi connectivity index (χ4v) is 2.71. The van der Waals surface area contributed by atoms with Crippen LogP contribution in [0.4, 0.5) is 0 Å². The second-order valence-corrected chi connectivity index (χ2v) is 4.76. The predicted molar refractivity (Wildman–Crippen MR) is 74.1 cm³/mol. The van der Waals surface area contributed by atoms with E-state index in [1.165, 1.54) is 0 Å². The fourth-order valence-electron chi connectivity index (χ4n) is 2.71. The van der Waals surface area contributed by atoms with Gasteiger partial charge < -0.3 is 9.47 Å². The molecule has 4 aromatic rings. The highest BCUT2D eigenvalue weighted by Crippen LogP contribution is 2.36. The molecule has 96 valence electrons. The lowest BCUT2D eigenvalue weighted by Crippen LogP contribution is -1.93. The van der Waals surface area contributed by atoms with Crippen molar-refractivity contribution in [3.63, 3.8) is 0 Å². The van der Waals surface area contributed by atoms with E-state index in [1.54, 1.807) is 0 Å². The third-order valence-electron chi connectivity index (χ3n) is 3.62. The SMILES string of the molecule is c1ccc2c(c1)nc1ncc3cc4c(cc3n12)OCO4. The monoisotopic (exact) mass is 263 g/mol. The third kappa shape index (κ3) is 1.17. The molecule has 0 N–H and O–H groups in total. The van der Waals surface area contributed by atoms with Gasteiger partial charge in [-0.05, 0) is 18.2 Å². The molecule has 0 saturated carbocycles. The molecule has 0 aliphatic carbocycles. The Bertz CT molecular complexity index is 991. The molecule has 0 bridgehead atoms. The minimum atomic E-state index is 0.271. The summed E-state index contributed by atoms with van der Waals surface area (Å²) in [5.74, 6) is 2.23.